The molecule has 1 atom stereocenters. The van der Waals surface area contributed by atoms with Crippen LogP contribution in [0.15, 0.2) is 16.4 Å². The van der Waals surface area contributed by atoms with E-state index in [2.05, 4.69) is 17.2 Å². The van der Waals surface area contributed by atoms with Crippen molar-refractivity contribution in [2.45, 2.75) is 39.7 Å². The molecule has 1 amide bonds. The lowest BCUT2D eigenvalue weighted by atomic mass is 10.2. The highest BCUT2D eigenvalue weighted by molar-refractivity contribution is 7.15. The molecule has 102 valence electrons. The number of thiazole rings is 1. The van der Waals surface area contributed by atoms with Crippen LogP contribution in [0.5, 0.6) is 0 Å². The van der Waals surface area contributed by atoms with Crippen molar-refractivity contribution in [1.29, 1.82) is 0 Å². The number of aromatic nitrogens is 2. The average molecular weight is 279 g/mol. The topological polar surface area (TPSA) is 63.5 Å². The van der Waals surface area contributed by atoms with Crippen molar-refractivity contribution in [2.75, 3.05) is 0 Å². The van der Waals surface area contributed by atoms with E-state index in [1.165, 1.54) is 21.9 Å². The molecule has 2 heterocycles. The second kappa shape index (κ2) is 5.52. The zero-order chi connectivity index (χ0) is 14.0. The van der Waals surface area contributed by atoms with Gasteiger partial charge in [-0.05, 0) is 20.3 Å². The lowest BCUT2D eigenvalue weighted by molar-refractivity contribution is 0.0936. The maximum absolute atomic E-state index is 12.3. The fourth-order valence-corrected chi connectivity index (χ4v) is 2.81. The van der Waals surface area contributed by atoms with Gasteiger partial charge in [-0.2, -0.15) is 0 Å². The van der Waals surface area contributed by atoms with Crippen LogP contribution < -0.4 is 10.9 Å². The highest BCUT2D eigenvalue weighted by Gasteiger charge is 2.16. The lowest BCUT2D eigenvalue weighted by Crippen LogP contribution is -2.36. The Hall–Kier alpha value is -1.69. The number of amides is 1. The molecule has 0 bridgehead atoms. The summed E-state index contributed by atoms with van der Waals surface area (Å²) in [4.78, 5) is 29.1. The first-order chi connectivity index (χ1) is 9.04. The van der Waals surface area contributed by atoms with E-state index in [-0.39, 0.29) is 23.1 Å². The summed E-state index contributed by atoms with van der Waals surface area (Å²) in [5, 5.41) is 4.68. The smallest absolute Gasteiger partial charge is 0.271 e. The molecule has 2 aromatic rings. The van der Waals surface area contributed by atoms with Gasteiger partial charge in [-0.15, -0.1) is 11.3 Å². The fourth-order valence-electron chi connectivity index (χ4n) is 1.99. The summed E-state index contributed by atoms with van der Waals surface area (Å²) >= 11 is 1.39. The van der Waals surface area contributed by atoms with Gasteiger partial charge < -0.3 is 5.32 Å². The van der Waals surface area contributed by atoms with Crippen LogP contribution in [0, 0.1) is 6.92 Å². The molecular weight excluding hydrogens is 262 g/mol. The van der Waals surface area contributed by atoms with Crippen LogP contribution in [0.2, 0.25) is 0 Å². The van der Waals surface area contributed by atoms with Gasteiger partial charge in [-0.1, -0.05) is 13.3 Å². The summed E-state index contributed by atoms with van der Waals surface area (Å²) in [6.45, 7) is 5.81. The number of nitrogens with one attached hydrogen (secondary N) is 1. The van der Waals surface area contributed by atoms with Crippen LogP contribution in [-0.2, 0) is 0 Å². The molecular formula is C13H17N3O2S. The van der Waals surface area contributed by atoms with E-state index in [0.29, 0.717) is 4.96 Å². The second-order valence-corrected chi connectivity index (χ2v) is 5.47. The molecule has 0 fully saturated rings. The van der Waals surface area contributed by atoms with Crippen molar-refractivity contribution < 1.29 is 4.79 Å². The molecule has 0 radical (unpaired) electrons. The van der Waals surface area contributed by atoms with Gasteiger partial charge in [0.25, 0.3) is 11.5 Å². The minimum absolute atomic E-state index is 0.0566. The van der Waals surface area contributed by atoms with E-state index in [4.69, 9.17) is 0 Å². The Balaban J connectivity index is 2.35. The number of nitrogens with zero attached hydrogens (tertiary/aromatic N) is 2. The summed E-state index contributed by atoms with van der Waals surface area (Å²) in [6.07, 6.45) is 3.24. The maximum Gasteiger partial charge on any atom is 0.271 e. The van der Waals surface area contributed by atoms with Gasteiger partial charge >= 0.3 is 0 Å². The van der Waals surface area contributed by atoms with Crippen molar-refractivity contribution in [3.8, 4) is 0 Å². The third-order valence-electron chi connectivity index (χ3n) is 2.96. The molecule has 6 heteroatoms. The molecule has 0 saturated heterocycles. The van der Waals surface area contributed by atoms with E-state index in [0.717, 1.165) is 18.5 Å². The van der Waals surface area contributed by atoms with Gasteiger partial charge in [0, 0.05) is 23.3 Å². The molecule has 2 rings (SSSR count). The van der Waals surface area contributed by atoms with E-state index >= 15 is 0 Å². The molecule has 2 aromatic heterocycles. The standard InChI is InChI=1S/C13H17N3O2S/c1-4-5-8(2)15-11(17)10-6-14-13-16(12(10)18)9(3)7-19-13/h6-8H,4-5H2,1-3H3,(H,15,17)/t8-/m0/s1. The number of carbonyl (C=O) groups is 1. The first-order valence-electron chi connectivity index (χ1n) is 6.31. The Labute approximate surface area is 115 Å². The van der Waals surface area contributed by atoms with Crippen LogP contribution in [-0.4, -0.2) is 21.3 Å². The number of carbonyl (C=O) groups excluding carboxylic acids is 1. The number of aryl methyl sites for hydroxylation is 1. The molecule has 0 aliphatic rings. The van der Waals surface area contributed by atoms with Gasteiger partial charge in [0.05, 0.1) is 0 Å². The number of rotatable bonds is 4. The lowest BCUT2D eigenvalue weighted by Gasteiger charge is -2.12. The summed E-state index contributed by atoms with van der Waals surface area (Å²) in [5.74, 6) is -0.349. The Bertz CT molecular complexity index is 659. The van der Waals surface area contributed by atoms with Crippen molar-refractivity contribution >= 4 is 22.2 Å². The van der Waals surface area contributed by atoms with Gasteiger partial charge in [0.15, 0.2) is 4.96 Å². The molecule has 5 nitrogen and oxygen atoms in total. The van der Waals surface area contributed by atoms with E-state index in [1.54, 1.807) is 0 Å². The summed E-state index contributed by atoms with van der Waals surface area (Å²) in [6, 6.07) is 0.0566. The second-order valence-electron chi connectivity index (χ2n) is 4.64. The van der Waals surface area contributed by atoms with Crippen LogP contribution in [0.3, 0.4) is 0 Å². The first-order valence-corrected chi connectivity index (χ1v) is 7.19. The maximum atomic E-state index is 12.3. The molecule has 0 saturated carbocycles. The highest BCUT2D eigenvalue weighted by Crippen LogP contribution is 2.11. The van der Waals surface area contributed by atoms with Crippen molar-refractivity contribution in [3.05, 3.63) is 33.2 Å². The largest absolute Gasteiger partial charge is 0.349 e. The molecule has 0 aliphatic carbocycles. The average Bonchev–Trinajstić information content (AvgIpc) is 2.72. The van der Waals surface area contributed by atoms with Crippen molar-refractivity contribution in [3.63, 3.8) is 0 Å². The minimum atomic E-state index is -0.349. The van der Waals surface area contributed by atoms with Crippen molar-refractivity contribution in [1.82, 2.24) is 14.7 Å². The predicted molar refractivity (Wildman–Crippen MR) is 75.9 cm³/mol. The molecule has 0 aromatic carbocycles. The number of fused-ring (bicyclic) bond motifs is 1. The van der Waals surface area contributed by atoms with Crippen LogP contribution >= 0.6 is 11.3 Å². The molecule has 1 N–H and O–H groups in total. The van der Waals surface area contributed by atoms with E-state index in [1.807, 2.05) is 19.2 Å². The Morgan fingerprint density at radius 3 is 3.00 bits per heavy atom. The zero-order valence-corrected chi connectivity index (χ0v) is 12.1. The predicted octanol–water partition coefficient (Wildman–Crippen LogP) is 1.98. The fraction of sp³-hybridized carbons (Fsp3) is 0.462. The number of hydrogen-bond donors (Lipinski definition) is 1. The Kier molecular flexibility index (Phi) is 3.99. The molecule has 0 spiro atoms. The van der Waals surface area contributed by atoms with Gasteiger partial charge in [0.1, 0.15) is 5.56 Å². The third-order valence-corrected chi connectivity index (χ3v) is 3.92. The first kappa shape index (κ1) is 13.7. The van der Waals surface area contributed by atoms with E-state index < -0.39 is 0 Å². The number of hydrogen-bond acceptors (Lipinski definition) is 4. The normalized spacial score (nSPS) is 12.6. The Morgan fingerprint density at radius 1 is 1.58 bits per heavy atom. The van der Waals surface area contributed by atoms with Crippen LogP contribution in [0.4, 0.5) is 0 Å². The monoisotopic (exact) mass is 279 g/mol. The molecule has 0 unspecified atom stereocenters. The summed E-state index contributed by atoms with van der Waals surface area (Å²) < 4.78 is 1.48. The summed E-state index contributed by atoms with van der Waals surface area (Å²) in [7, 11) is 0. The highest BCUT2D eigenvalue weighted by atomic mass is 32.1. The molecule has 0 aliphatic heterocycles. The SMILES string of the molecule is CCC[C@H](C)NC(=O)c1cnc2scc(C)n2c1=O. The van der Waals surface area contributed by atoms with Crippen molar-refractivity contribution in [2.24, 2.45) is 0 Å². The third kappa shape index (κ3) is 2.68. The van der Waals surface area contributed by atoms with Gasteiger partial charge in [-0.25, -0.2) is 4.98 Å². The van der Waals surface area contributed by atoms with Crippen LogP contribution in [0.25, 0.3) is 4.96 Å². The minimum Gasteiger partial charge on any atom is -0.349 e. The van der Waals surface area contributed by atoms with Gasteiger partial charge in [-0.3, -0.25) is 14.0 Å². The van der Waals surface area contributed by atoms with Gasteiger partial charge in [0.2, 0.25) is 0 Å². The quantitative estimate of drug-likeness (QED) is 0.930. The Morgan fingerprint density at radius 2 is 2.32 bits per heavy atom. The summed E-state index contributed by atoms with van der Waals surface area (Å²) in [5.41, 5.74) is 0.598. The zero-order valence-electron chi connectivity index (χ0n) is 11.3. The molecule has 19 heavy (non-hydrogen) atoms. The van der Waals surface area contributed by atoms with Crippen LogP contribution in [0.1, 0.15) is 42.7 Å². The van der Waals surface area contributed by atoms with E-state index in [9.17, 15) is 9.59 Å².